The van der Waals surface area contributed by atoms with Crippen molar-refractivity contribution in [1.82, 2.24) is 0 Å². The second-order valence-corrected chi connectivity index (χ2v) is 2.92. The zero-order valence-corrected chi connectivity index (χ0v) is 7.94. The van der Waals surface area contributed by atoms with Gasteiger partial charge < -0.3 is 9.84 Å². The number of aliphatic hydroxyl groups excluding tert-OH is 1. The Kier molecular flexibility index (Phi) is 4.53. The highest BCUT2D eigenvalue weighted by molar-refractivity contribution is 5.34. The molecule has 0 aromatic heterocycles. The van der Waals surface area contributed by atoms with Crippen molar-refractivity contribution in [3.63, 3.8) is 0 Å². The number of nitriles is 1. The number of ether oxygens (including phenoxy) is 1. The quantitative estimate of drug-likeness (QED) is 0.721. The van der Waals surface area contributed by atoms with Crippen molar-refractivity contribution in [2.45, 2.75) is 12.8 Å². The molecule has 0 fully saturated rings. The van der Waals surface area contributed by atoms with Gasteiger partial charge >= 0.3 is 0 Å². The van der Waals surface area contributed by atoms with Crippen LogP contribution >= 0.6 is 0 Å². The van der Waals surface area contributed by atoms with Gasteiger partial charge in [-0.05, 0) is 37.1 Å². The van der Waals surface area contributed by atoms with Crippen LogP contribution < -0.4 is 4.74 Å². The van der Waals surface area contributed by atoms with Crippen LogP contribution in [0.2, 0.25) is 0 Å². The molecule has 0 unspecified atom stereocenters. The van der Waals surface area contributed by atoms with Crippen LogP contribution in [0.15, 0.2) is 24.3 Å². The summed E-state index contributed by atoms with van der Waals surface area (Å²) >= 11 is 0. The van der Waals surface area contributed by atoms with Crippen molar-refractivity contribution in [3.05, 3.63) is 29.8 Å². The summed E-state index contributed by atoms with van der Waals surface area (Å²) in [6.07, 6.45) is 1.60. The summed E-state index contributed by atoms with van der Waals surface area (Å²) in [4.78, 5) is 0. The van der Waals surface area contributed by atoms with E-state index in [1.54, 1.807) is 24.3 Å². The Balaban J connectivity index is 2.33. The third kappa shape index (κ3) is 3.46. The molecular formula is C11H13NO2. The van der Waals surface area contributed by atoms with Gasteiger partial charge in [-0.2, -0.15) is 5.26 Å². The van der Waals surface area contributed by atoms with Crippen LogP contribution in [0, 0.1) is 11.3 Å². The number of nitrogens with zero attached hydrogens (tertiary/aromatic N) is 1. The van der Waals surface area contributed by atoms with E-state index in [9.17, 15) is 0 Å². The Morgan fingerprint density at radius 2 is 1.93 bits per heavy atom. The first-order chi connectivity index (χ1) is 6.86. The molecule has 0 bridgehead atoms. The second-order valence-electron chi connectivity index (χ2n) is 2.92. The maximum atomic E-state index is 8.56. The zero-order chi connectivity index (χ0) is 10.2. The largest absolute Gasteiger partial charge is 0.494 e. The van der Waals surface area contributed by atoms with E-state index in [1.165, 1.54) is 0 Å². The molecule has 1 rings (SSSR count). The van der Waals surface area contributed by atoms with E-state index in [0.29, 0.717) is 12.2 Å². The van der Waals surface area contributed by atoms with Crippen molar-refractivity contribution in [2.75, 3.05) is 13.2 Å². The lowest BCUT2D eigenvalue weighted by molar-refractivity contribution is 0.253. The molecular weight excluding hydrogens is 178 g/mol. The number of unbranched alkanes of at least 4 members (excludes halogenated alkanes) is 1. The lowest BCUT2D eigenvalue weighted by Crippen LogP contribution is -1.98. The van der Waals surface area contributed by atoms with Gasteiger partial charge in [0.15, 0.2) is 0 Å². The van der Waals surface area contributed by atoms with Crippen molar-refractivity contribution in [2.24, 2.45) is 0 Å². The lowest BCUT2D eigenvalue weighted by atomic mass is 10.2. The number of benzene rings is 1. The van der Waals surface area contributed by atoms with Gasteiger partial charge in [0.05, 0.1) is 18.2 Å². The first-order valence-electron chi connectivity index (χ1n) is 4.60. The SMILES string of the molecule is N#Cc1ccc(OCCCCO)cc1. The first kappa shape index (κ1) is 10.6. The Morgan fingerprint density at radius 3 is 2.50 bits per heavy atom. The monoisotopic (exact) mass is 191 g/mol. The topological polar surface area (TPSA) is 53.2 Å². The number of hydrogen-bond acceptors (Lipinski definition) is 3. The molecule has 0 amide bonds. The standard InChI is InChI=1S/C11H13NO2/c12-9-10-3-5-11(6-4-10)14-8-2-1-7-13/h3-6,13H,1-2,7-8H2. The average Bonchev–Trinajstić information content (AvgIpc) is 2.25. The van der Waals surface area contributed by atoms with Crippen LogP contribution in [0.1, 0.15) is 18.4 Å². The van der Waals surface area contributed by atoms with Gasteiger partial charge in [-0.3, -0.25) is 0 Å². The summed E-state index contributed by atoms with van der Waals surface area (Å²) in [5.74, 6) is 0.766. The second kappa shape index (κ2) is 6.01. The molecule has 0 aliphatic heterocycles. The number of hydrogen-bond donors (Lipinski definition) is 1. The molecule has 0 saturated heterocycles. The van der Waals surface area contributed by atoms with Crippen molar-refractivity contribution >= 4 is 0 Å². The smallest absolute Gasteiger partial charge is 0.119 e. The molecule has 0 heterocycles. The van der Waals surface area contributed by atoms with Crippen molar-refractivity contribution in [1.29, 1.82) is 5.26 Å². The summed E-state index contributed by atoms with van der Waals surface area (Å²) in [7, 11) is 0. The van der Waals surface area contributed by atoms with Gasteiger partial charge in [0, 0.05) is 6.61 Å². The fraction of sp³-hybridized carbons (Fsp3) is 0.364. The van der Waals surface area contributed by atoms with E-state index in [-0.39, 0.29) is 6.61 Å². The molecule has 0 aliphatic rings. The van der Waals surface area contributed by atoms with E-state index in [1.807, 2.05) is 6.07 Å². The minimum atomic E-state index is 0.205. The molecule has 1 N–H and O–H groups in total. The van der Waals surface area contributed by atoms with Crippen LogP contribution in [0.5, 0.6) is 5.75 Å². The van der Waals surface area contributed by atoms with E-state index >= 15 is 0 Å². The van der Waals surface area contributed by atoms with E-state index in [0.717, 1.165) is 18.6 Å². The molecule has 1 aromatic rings. The summed E-state index contributed by atoms with van der Waals surface area (Å²) in [6.45, 7) is 0.809. The summed E-state index contributed by atoms with van der Waals surface area (Å²) in [6, 6.07) is 9.04. The average molecular weight is 191 g/mol. The highest BCUT2D eigenvalue weighted by Crippen LogP contribution is 2.11. The zero-order valence-electron chi connectivity index (χ0n) is 7.94. The van der Waals surface area contributed by atoms with Crippen molar-refractivity contribution < 1.29 is 9.84 Å². The summed E-state index contributed by atoms with van der Waals surface area (Å²) < 4.78 is 5.39. The van der Waals surface area contributed by atoms with Gasteiger partial charge in [-0.25, -0.2) is 0 Å². The van der Waals surface area contributed by atoms with E-state index in [4.69, 9.17) is 15.1 Å². The molecule has 3 heteroatoms. The molecule has 1 aromatic carbocycles. The molecule has 0 saturated carbocycles. The molecule has 3 nitrogen and oxygen atoms in total. The molecule has 74 valence electrons. The maximum absolute atomic E-state index is 8.56. The Hall–Kier alpha value is -1.53. The highest BCUT2D eigenvalue weighted by Gasteiger charge is 1.94. The van der Waals surface area contributed by atoms with Gasteiger partial charge in [-0.1, -0.05) is 0 Å². The fourth-order valence-corrected chi connectivity index (χ4v) is 1.03. The molecule has 0 radical (unpaired) electrons. The van der Waals surface area contributed by atoms with Crippen LogP contribution in [-0.2, 0) is 0 Å². The van der Waals surface area contributed by atoms with E-state index in [2.05, 4.69) is 0 Å². The van der Waals surface area contributed by atoms with E-state index < -0.39 is 0 Å². The van der Waals surface area contributed by atoms with Crippen LogP contribution in [0.25, 0.3) is 0 Å². The maximum Gasteiger partial charge on any atom is 0.119 e. The van der Waals surface area contributed by atoms with Crippen LogP contribution in [0.4, 0.5) is 0 Å². The van der Waals surface area contributed by atoms with Gasteiger partial charge in [0.1, 0.15) is 5.75 Å². The summed E-state index contributed by atoms with van der Waals surface area (Å²) in [5.41, 5.74) is 0.632. The Bertz CT molecular complexity index is 300. The van der Waals surface area contributed by atoms with Gasteiger partial charge in [-0.15, -0.1) is 0 Å². The third-order valence-electron chi connectivity index (χ3n) is 1.80. The van der Waals surface area contributed by atoms with Crippen LogP contribution in [0.3, 0.4) is 0 Å². The van der Waals surface area contributed by atoms with Gasteiger partial charge in [0.25, 0.3) is 0 Å². The third-order valence-corrected chi connectivity index (χ3v) is 1.80. The number of aliphatic hydroxyl groups is 1. The molecule has 0 aliphatic carbocycles. The lowest BCUT2D eigenvalue weighted by Gasteiger charge is -2.04. The normalized spacial score (nSPS) is 9.43. The number of rotatable bonds is 5. The van der Waals surface area contributed by atoms with Gasteiger partial charge in [0.2, 0.25) is 0 Å². The van der Waals surface area contributed by atoms with Crippen LogP contribution in [-0.4, -0.2) is 18.3 Å². The highest BCUT2D eigenvalue weighted by atomic mass is 16.5. The predicted molar refractivity (Wildman–Crippen MR) is 53.0 cm³/mol. The minimum absolute atomic E-state index is 0.205. The van der Waals surface area contributed by atoms with Crippen molar-refractivity contribution in [3.8, 4) is 11.8 Å². The Labute approximate surface area is 83.6 Å². The minimum Gasteiger partial charge on any atom is -0.494 e. The molecule has 0 spiro atoms. The fourth-order valence-electron chi connectivity index (χ4n) is 1.03. The molecule has 0 atom stereocenters. The molecule has 14 heavy (non-hydrogen) atoms. The Morgan fingerprint density at radius 1 is 1.21 bits per heavy atom. The summed E-state index contributed by atoms with van der Waals surface area (Å²) in [5, 5.41) is 17.1. The predicted octanol–water partition coefficient (Wildman–Crippen LogP) is 1.71. The first-order valence-corrected chi connectivity index (χ1v) is 4.60.